The van der Waals surface area contributed by atoms with Gasteiger partial charge in [0.2, 0.25) is 0 Å². The summed E-state index contributed by atoms with van der Waals surface area (Å²) in [6, 6.07) is 0.667. The van der Waals surface area contributed by atoms with Gasteiger partial charge in [0, 0.05) is 49.8 Å². The smallest absolute Gasteiger partial charge is 0.183 e. The number of aromatic nitrogens is 1. The fourth-order valence-corrected chi connectivity index (χ4v) is 3.04. The van der Waals surface area contributed by atoms with Gasteiger partial charge in [0.05, 0.1) is 0 Å². The van der Waals surface area contributed by atoms with Crippen molar-refractivity contribution in [1.82, 2.24) is 14.8 Å². The van der Waals surface area contributed by atoms with Crippen molar-refractivity contribution in [3.8, 4) is 0 Å². The zero-order valence-corrected chi connectivity index (χ0v) is 11.4. The van der Waals surface area contributed by atoms with Gasteiger partial charge < -0.3 is 0 Å². The van der Waals surface area contributed by atoms with Gasteiger partial charge in [-0.15, -0.1) is 11.3 Å². The minimum atomic E-state index is 0.649. The molecule has 1 fully saturated rings. The van der Waals surface area contributed by atoms with Gasteiger partial charge in [-0.1, -0.05) is 11.6 Å². The Kier molecular flexibility index (Phi) is 4.19. The minimum Gasteiger partial charge on any atom is -0.298 e. The van der Waals surface area contributed by atoms with E-state index in [9.17, 15) is 0 Å². The first-order valence-corrected chi connectivity index (χ1v) is 6.91. The number of rotatable bonds is 3. The third-order valence-electron chi connectivity index (χ3n) is 3.04. The van der Waals surface area contributed by atoms with Gasteiger partial charge in [-0.25, -0.2) is 4.98 Å². The molecular formula is C11H18ClN3S. The molecule has 2 rings (SSSR count). The molecule has 2 heterocycles. The molecule has 0 aliphatic carbocycles. The van der Waals surface area contributed by atoms with Crippen molar-refractivity contribution in [1.29, 1.82) is 0 Å². The molecule has 0 atom stereocenters. The maximum absolute atomic E-state index is 5.82. The van der Waals surface area contributed by atoms with E-state index in [4.69, 9.17) is 11.6 Å². The molecule has 1 aliphatic rings. The zero-order valence-electron chi connectivity index (χ0n) is 9.82. The van der Waals surface area contributed by atoms with Crippen molar-refractivity contribution in [2.75, 3.05) is 26.2 Å². The van der Waals surface area contributed by atoms with Crippen molar-refractivity contribution < 1.29 is 0 Å². The normalized spacial score (nSPS) is 19.5. The lowest BCUT2D eigenvalue weighted by Gasteiger charge is -2.36. The Labute approximate surface area is 106 Å². The second kappa shape index (κ2) is 5.45. The molecule has 0 aromatic carbocycles. The Hall–Kier alpha value is -0.160. The summed E-state index contributed by atoms with van der Waals surface area (Å²) in [5, 5.41) is 0. The lowest BCUT2D eigenvalue weighted by atomic mass is 10.2. The summed E-state index contributed by atoms with van der Waals surface area (Å²) in [7, 11) is 0. The fraction of sp³-hybridized carbons (Fsp3) is 0.727. The maximum atomic E-state index is 5.82. The molecule has 0 unspecified atom stereocenters. The van der Waals surface area contributed by atoms with Gasteiger partial charge in [-0.3, -0.25) is 9.80 Å². The van der Waals surface area contributed by atoms with Gasteiger partial charge in [-0.05, 0) is 13.8 Å². The van der Waals surface area contributed by atoms with Crippen molar-refractivity contribution in [3.63, 3.8) is 0 Å². The predicted molar refractivity (Wildman–Crippen MR) is 69.1 cm³/mol. The van der Waals surface area contributed by atoms with E-state index in [0.29, 0.717) is 10.5 Å². The summed E-state index contributed by atoms with van der Waals surface area (Å²) in [5.74, 6) is 0. The van der Waals surface area contributed by atoms with E-state index in [0.717, 1.165) is 19.6 Å². The summed E-state index contributed by atoms with van der Waals surface area (Å²) < 4.78 is 0.649. The maximum Gasteiger partial charge on any atom is 0.183 e. The van der Waals surface area contributed by atoms with Crippen LogP contribution in [0.2, 0.25) is 4.47 Å². The Balaban J connectivity index is 1.81. The van der Waals surface area contributed by atoms with E-state index in [-0.39, 0.29) is 0 Å². The molecule has 16 heavy (non-hydrogen) atoms. The van der Waals surface area contributed by atoms with Crippen molar-refractivity contribution in [2.24, 2.45) is 0 Å². The molecule has 0 saturated carbocycles. The Bertz CT molecular complexity index is 332. The number of hydrogen-bond donors (Lipinski definition) is 0. The monoisotopic (exact) mass is 259 g/mol. The zero-order chi connectivity index (χ0) is 11.5. The Morgan fingerprint density at radius 2 is 2.06 bits per heavy atom. The first-order valence-electron chi connectivity index (χ1n) is 5.72. The van der Waals surface area contributed by atoms with Crippen molar-refractivity contribution in [3.05, 3.63) is 15.5 Å². The molecule has 0 bridgehead atoms. The first-order chi connectivity index (χ1) is 7.65. The molecule has 0 radical (unpaired) electrons. The molecule has 1 aliphatic heterocycles. The summed E-state index contributed by atoms with van der Waals surface area (Å²) in [6.07, 6.45) is 1.89. The number of piperazine rings is 1. The highest BCUT2D eigenvalue weighted by atomic mass is 35.5. The summed E-state index contributed by atoms with van der Waals surface area (Å²) >= 11 is 7.41. The van der Waals surface area contributed by atoms with Gasteiger partial charge >= 0.3 is 0 Å². The van der Waals surface area contributed by atoms with Crippen molar-refractivity contribution in [2.45, 2.75) is 26.4 Å². The van der Waals surface area contributed by atoms with Crippen LogP contribution in [0.25, 0.3) is 0 Å². The van der Waals surface area contributed by atoms with Crippen LogP contribution in [0, 0.1) is 0 Å². The average Bonchev–Trinajstić information content (AvgIpc) is 2.65. The van der Waals surface area contributed by atoms with E-state index in [1.807, 2.05) is 6.20 Å². The van der Waals surface area contributed by atoms with Crippen LogP contribution in [0.3, 0.4) is 0 Å². The lowest BCUT2D eigenvalue weighted by molar-refractivity contribution is 0.105. The quantitative estimate of drug-likeness (QED) is 0.831. The number of hydrogen-bond acceptors (Lipinski definition) is 4. The van der Waals surface area contributed by atoms with E-state index in [1.54, 1.807) is 11.3 Å². The van der Waals surface area contributed by atoms with Gasteiger partial charge in [-0.2, -0.15) is 0 Å². The second-order valence-corrected chi connectivity index (χ2v) is 6.18. The Morgan fingerprint density at radius 3 is 2.56 bits per heavy atom. The topological polar surface area (TPSA) is 19.4 Å². The fourth-order valence-electron chi connectivity index (χ4n) is 2.01. The molecule has 1 aromatic rings. The van der Waals surface area contributed by atoms with Crippen LogP contribution >= 0.6 is 22.9 Å². The third-order valence-corrected chi connectivity index (χ3v) is 4.14. The minimum absolute atomic E-state index is 0.649. The Morgan fingerprint density at radius 1 is 1.38 bits per heavy atom. The largest absolute Gasteiger partial charge is 0.298 e. The van der Waals surface area contributed by atoms with Crippen LogP contribution in [0.5, 0.6) is 0 Å². The molecule has 1 saturated heterocycles. The van der Waals surface area contributed by atoms with Crippen LogP contribution in [-0.4, -0.2) is 47.0 Å². The van der Waals surface area contributed by atoms with Crippen LogP contribution in [-0.2, 0) is 6.54 Å². The van der Waals surface area contributed by atoms with Gasteiger partial charge in [0.1, 0.15) is 0 Å². The summed E-state index contributed by atoms with van der Waals surface area (Å²) in [6.45, 7) is 10.2. The van der Waals surface area contributed by atoms with E-state index >= 15 is 0 Å². The van der Waals surface area contributed by atoms with E-state index in [1.165, 1.54) is 18.0 Å². The molecule has 0 N–H and O–H groups in total. The van der Waals surface area contributed by atoms with E-state index in [2.05, 4.69) is 28.6 Å². The third kappa shape index (κ3) is 3.17. The number of nitrogens with zero attached hydrogens (tertiary/aromatic N) is 3. The van der Waals surface area contributed by atoms with Crippen molar-refractivity contribution >= 4 is 22.9 Å². The summed E-state index contributed by atoms with van der Waals surface area (Å²) in [4.78, 5) is 10.3. The average molecular weight is 260 g/mol. The highest BCUT2D eigenvalue weighted by Crippen LogP contribution is 2.20. The highest BCUT2D eigenvalue weighted by Gasteiger charge is 2.19. The van der Waals surface area contributed by atoms with Crippen LogP contribution in [0.4, 0.5) is 0 Å². The predicted octanol–water partition coefficient (Wildman–Crippen LogP) is 2.32. The number of thiazole rings is 1. The van der Waals surface area contributed by atoms with Crippen LogP contribution < -0.4 is 0 Å². The van der Waals surface area contributed by atoms with Crippen LogP contribution in [0.1, 0.15) is 18.7 Å². The second-order valence-electron chi connectivity index (χ2n) is 4.49. The van der Waals surface area contributed by atoms with Gasteiger partial charge in [0.25, 0.3) is 0 Å². The molecular weight excluding hydrogens is 242 g/mol. The number of halogens is 1. The van der Waals surface area contributed by atoms with Gasteiger partial charge in [0.15, 0.2) is 4.47 Å². The highest BCUT2D eigenvalue weighted by molar-refractivity contribution is 7.15. The summed E-state index contributed by atoms with van der Waals surface area (Å²) in [5.41, 5.74) is 0. The molecule has 0 amide bonds. The molecule has 90 valence electrons. The lowest BCUT2D eigenvalue weighted by Crippen LogP contribution is -2.48. The van der Waals surface area contributed by atoms with Crippen LogP contribution in [0.15, 0.2) is 6.20 Å². The molecule has 5 heteroatoms. The molecule has 0 spiro atoms. The molecule has 3 nitrogen and oxygen atoms in total. The SMILES string of the molecule is CC(C)N1CCN(Cc2cnc(Cl)s2)CC1. The first kappa shape index (κ1) is 12.3. The standard InChI is InChI=1S/C11H18ClN3S/c1-9(2)15-5-3-14(4-6-15)8-10-7-13-11(12)16-10/h7,9H,3-6,8H2,1-2H3. The molecule has 1 aromatic heterocycles. The van der Waals surface area contributed by atoms with E-state index < -0.39 is 0 Å².